The van der Waals surface area contributed by atoms with Crippen LogP contribution in [-0.4, -0.2) is 44.7 Å². The van der Waals surface area contributed by atoms with E-state index in [0.717, 1.165) is 26.1 Å². The highest BCUT2D eigenvalue weighted by Gasteiger charge is 2.06. The van der Waals surface area contributed by atoms with E-state index in [-0.39, 0.29) is 5.21 Å². The Morgan fingerprint density at radius 1 is 1.29 bits per heavy atom. The van der Waals surface area contributed by atoms with Crippen LogP contribution in [0.5, 0.6) is 0 Å². The highest BCUT2D eigenvalue weighted by Crippen LogP contribution is 1.92. The van der Waals surface area contributed by atoms with Crippen molar-refractivity contribution in [1.29, 1.82) is 0 Å². The standard InChI is InChI=1S/C8H19ClN2O2S/c1-3-11(4-2)7-5-6-10-14(12,13)8-9/h10H,3-8H2,1-2H3. The average Bonchev–Trinajstić information content (AvgIpc) is 2.18. The van der Waals surface area contributed by atoms with Crippen LogP contribution in [0.15, 0.2) is 0 Å². The van der Waals surface area contributed by atoms with Crippen LogP contribution < -0.4 is 4.72 Å². The van der Waals surface area contributed by atoms with Gasteiger partial charge in [-0.25, -0.2) is 13.1 Å². The molecule has 0 aromatic heterocycles. The summed E-state index contributed by atoms with van der Waals surface area (Å²) in [6.07, 6.45) is 0.817. The van der Waals surface area contributed by atoms with Crippen LogP contribution in [0.4, 0.5) is 0 Å². The summed E-state index contributed by atoms with van der Waals surface area (Å²) >= 11 is 5.23. The van der Waals surface area contributed by atoms with Crippen molar-refractivity contribution in [3.63, 3.8) is 0 Å². The molecule has 0 unspecified atom stereocenters. The van der Waals surface area contributed by atoms with Gasteiger partial charge in [0.2, 0.25) is 10.0 Å². The van der Waals surface area contributed by atoms with E-state index >= 15 is 0 Å². The lowest BCUT2D eigenvalue weighted by Crippen LogP contribution is -2.30. The lowest BCUT2D eigenvalue weighted by atomic mass is 10.4. The number of hydrogen-bond acceptors (Lipinski definition) is 3. The number of nitrogens with zero attached hydrogens (tertiary/aromatic N) is 1. The molecular weight excluding hydrogens is 224 g/mol. The summed E-state index contributed by atoms with van der Waals surface area (Å²) in [5.41, 5.74) is 0. The molecule has 14 heavy (non-hydrogen) atoms. The van der Waals surface area contributed by atoms with E-state index in [2.05, 4.69) is 23.5 Å². The molecule has 0 aromatic carbocycles. The van der Waals surface area contributed by atoms with E-state index in [0.29, 0.717) is 6.54 Å². The third kappa shape index (κ3) is 6.59. The topological polar surface area (TPSA) is 49.4 Å². The van der Waals surface area contributed by atoms with Crippen LogP contribution in [-0.2, 0) is 10.0 Å². The molecule has 0 saturated carbocycles. The maximum atomic E-state index is 10.9. The largest absolute Gasteiger partial charge is 0.304 e. The van der Waals surface area contributed by atoms with Gasteiger partial charge >= 0.3 is 0 Å². The Kier molecular flexibility index (Phi) is 7.54. The molecule has 0 bridgehead atoms. The lowest BCUT2D eigenvalue weighted by molar-refractivity contribution is 0.300. The maximum absolute atomic E-state index is 10.9. The van der Waals surface area contributed by atoms with E-state index < -0.39 is 10.0 Å². The van der Waals surface area contributed by atoms with Crippen LogP contribution >= 0.6 is 11.6 Å². The minimum atomic E-state index is -3.23. The summed E-state index contributed by atoms with van der Waals surface area (Å²) in [5.74, 6) is 0. The minimum absolute atomic E-state index is 0.363. The molecule has 4 nitrogen and oxygen atoms in total. The zero-order chi connectivity index (χ0) is 11.0. The van der Waals surface area contributed by atoms with Gasteiger partial charge in [-0.2, -0.15) is 0 Å². The zero-order valence-electron chi connectivity index (χ0n) is 8.79. The molecule has 0 radical (unpaired) electrons. The van der Waals surface area contributed by atoms with Gasteiger partial charge in [0.25, 0.3) is 0 Å². The summed E-state index contributed by atoms with van der Waals surface area (Å²) in [5, 5.41) is -0.363. The Hall–Kier alpha value is 0.160. The summed E-state index contributed by atoms with van der Waals surface area (Å²) in [7, 11) is -3.23. The Balaban J connectivity index is 3.56. The molecule has 1 N–H and O–H groups in total. The highest BCUT2D eigenvalue weighted by atomic mass is 35.5. The molecule has 0 aliphatic carbocycles. The third-order valence-corrected chi connectivity index (χ3v) is 3.80. The van der Waals surface area contributed by atoms with Gasteiger partial charge < -0.3 is 4.90 Å². The van der Waals surface area contributed by atoms with Crippen molar-refractivity contribution in [2.75, 3.05) is 31.4 Å². The normalized spacial score (nSPS) is 12.3. The summed E-state index contributed by atoms with van der Waals surface area (Å²) in [6.45, 7) is 7.56. The SMILES string of the molecule is CCN(CC)CCCNS(=O)(=O)CCl. The smallest absolute Gasteiger partial charge is 0.225 e. The molecule has 86 valence electrons. The fraction of sp³-hybridized carbons (Fsp3) is 1.00. The Morgan fingerprint density at radius 3 is 2.29 bits per heavy atom. The molecule has 0 aliphatic rings. The molecular formula is C8H19ClN2O2S. The van der Waals surface area contributed by atoms with Crippen LogP contribution in [0.2, 0.25) is 0 Å². The molecule has 0 saturated heterocycles. The quantitative estimate of drug-likeness (QED) is 0.507. The van der Waals surface area contributed by atoms with Gasteiger partial charge in [0.1, 0.15) is 5.21 Å². The van der Waals surface area contributed by atoms with E-state index in [1.807, 2.05) is 0 Å². The van der Waals surface area contributed by atoms with Crippen molar-refractivity contribution in [3.05, 3.63) is 0 Å². The lowest BCUT2D eigenvalue weighted by Gasteiger charge is -2.17. The van der Waals surface area contributed by atoms with Crippen molar-refractivity contribution in [3.8, 4) is 0 Å². The van der Waals surface area contributed by atoms with Crippen molar-refractivity contribution < 1.29 is 8.42 Å². The average molecular weight is 243 g/mol. The molecule has 0 aliphatic heterocycles. The van der Waals surface area contributed by atoms with Gasteiger partial charge in [0.15, 0.2) is 0 Å². The zero-order valence-corrected chi connectivity index (χ0v) is 10.4. The highest BCUT2D eigenvalue weighted by molar-refractivity contribution is 7.90. The van der Waals surface area contributed by atoms with Gasteiger partial charge in [-0.05, 0) is 26.1 Å². The van der Waals surface area contributed by atoms with Crippen LogP contribution in [0.25, 0.3) is 0 Å². The van der Waals surface area contributed by atoms with E-state index in [9.17, 15) is 8.42 Å². The molecule has 0 rings (SSSR count). The van der Waals surface area contributed by atoms with Crippen molar-refractivity contribution in [2.24, 2.45) is 0 Å². The number of sulfonamides is 1. The van der Waals surface area contributed by atoms with Gasteiger partial charge in [-0.15, -0.1) is 11.6 Å². The van der Waals surface area contributed by atoms with Crippen LogP contribution in [0.3, 0.4) is 0 Å². The second-order valence-corrected chi connectivity index (χ2v) is 5.39. The molecule has 0 atom stereocenters. The second-order valence-electron chi connectivity index (χ2n) is 3.00. The van der Waals surface area contributed by atoms with E-state index in [4.69, 9.17) is 11.6 Å². The molecule has 0 fully saturated rings. The maximum Gasteiger partial charge on any atom is 0.225 e. The first kappa shape index (κ1) is 14.2. The van der Waals surface area contributed by atoms with Gasteiger partial charge in [-0.1, -0.05) is 13.8 Å². The first-order chi connectivity index (χ1) is 6.55. The summed E-state index contributed by atoms with van der Waals surface area (Å²) < 4.78 is 24.3. The number of halogens is 1. The predicted octanol–water partition coefficient (Wildman–Crippen LogP) is 0.834. The summed E-state index contributed by atoms with van der Waals surface area (Å²) in [6, 6.07) is 0. The van der Waals surface area contributed by atoms with E-state index in [1.165, 1.54) is 0 Å². The van der Waals surface area contributed by atoms with Crippen molar-refractivity contribution in [1.82, 2.24) is 9.62 Å². The molecule has 0 amide bonds. The Labute approximate surface area is 91.7 Å². The van der Waals surface area contributed by atoms with Crippen LogP contribution in [0, 0.1) is 0 Å². The molecule has 0 spiro atoms. The third-order valence-electron chi connectivity index (χ3n) is 2.01. The van der Waals surface area contributed by atoms with Gasteiger partial charge in [0, 0.05) is 6.54 Å². The molecule has 0 heterocycles. The number of rotatable bonds is 8. The molecule has 0 aromatic rings. The fourth-order valence-electron chi connectivity index (χ4n) is 1.11. The second kappa shape index (κ2) is 7.45. The van der Waals surface area contributed by atoms with Crippen molar-refractivity contribution >= 4 is 21.6 Å². The monoisotopic (exact) mass is 242 g/mol. The minimum Gasteiger partial charge on any atom is -0.304 e. The van der Waals surface area contributed by atoms with Crippen molar-refractivity contribution in [2.45, 2.75) is 20.3 Å². The fourth-order valence-corrected chi connectivity index (χ4v) is 1.87. The van der Waals surface area contributed by atoms with Crippen LogP contribution in [0.1, 0.15) is 20.3 Å². The number of hydrogen-bond donors (Lipinski definition) is 1. The Bertz CT molecular complexity index is 227. The molecule has 6 heteroatoms. The first-order valence-corrected chi connectivity index (χ1v) is 7.00. The van der Waals surface area contributed by atoms with E-state index in [1.54, 1.807) is 0 Å². The first-order valence-electron chi connectivity index (χ1n) is 4.81. The predicted molar refractivity (Wildman–Crippen MR) is 60.0 cm³/mol. The van der Waals surface area contributed by atoms with Gasteiger partial charge in [-0.3, -0.25) is 0 Å². The number of alkyl halides is 1. The summed E-state index contributed by atoms with van der Waals surface area (Å²) in [4.78, 5) is 2.25. The Morgan fingerprint density at radius 2 is 1.86 bits per heavy atom. The van der Waals surface area contributed by atoms with Gasteiger partial charge in [0.05, 0.1) is 0 Å². The number of nitrogens with one attached hydrogen (secondary N) is 1.